The predicted octanol–water partition coefficient (Wildman–Crippen LogP) is 4.92. The Kier molecular flexibility index (Phi) is 6.56. The summed E-state index contributed by atoms with van der Waals surface area (Å²) in [7, 11) is -1.80. The van der Waals surface area contributed by atoms with E-state index in [4.69, 9.17) is 18.6 Å². The van der Waals surface area contributed by atoms with E-state index in [9.17, 15) is 9.90 Å². The number of aliphatic hydroxyl groups is 1. The molecular weight excluding hydrogens is 448 g/mol. The summed E-state index contributed by atoms with van der Waals surface area (Å²) in [5, 5.41) is 11.4. The fourth-order valence-corrected chi connectivity index (χ4v) is 7.24. The van der Waals surface area contributed by atoms with Crippen molar-refractivity contribution >= 4 is 14.3 Å². The molecule has 2 bridgehead atoms. The molecule has 192 valence electrons. The summed E-state index contributed by atoms with van der Waals surface area (Å²) < 4.78 is 24.7. The SMILES string of the molecule is CC1=C[C@H]2O[C@@H]3C[C@@H](O)C(C)(C34CO4)[C@@]2(COC(=O)/C=C(\C)CCO[Si](C)(C)C(C)(C)C)CC1. The normalized spacial score (nSPS) is 39.6. The van der Waals surface area contributed by atoms with E-state index in [-0.39, 0.29) is 29.8 Å². The minimum Gasteiger partial charge on any atom is -0.462 e. The zero-order chi connectivity index (χ0) is 25.2. The fraction of sp³-hybridized carbons (Fsp3) is 0.815. The van der Waals surface area contributed by atoms with Gasteiger partial charge in [-0.3, -0.25) is 0 Å². The third-order valence-corrected chi connectivity index (χ3v) is 14.4. The van der Waals surface area contributed by atoms with Crippen LogP contribution in [0.1, 0.15) is 67.2 Å². The molecule has 3 fully saturated rings. The number of rotatable bonds is 7. The van der Waals surface area contributed by atoms with Crippen LogP contribution >= 0.6 is 0 Å². The highest BCUT2D eigenvalue weighted by atomic mass is 28.4. The quantitative estimate of drug-likeness (QED) is 0.179. The van der Waals surface area contributed by atoms with Crippen LogP contribution in [0.15, 0.2) is 23.3 Å². The van der Waals surface area contributed by atoms with E-state index in [2.05, 4.69) is 53.8 Å². The van der Waals surface area contributed by atoms with Crippen LogP contribution in [0.5, 0.6) is 0 Å². The maximum atomic E-state index is 12.8. The molecule has 6 nitrogen and oxygen atoms in total. The Morgan fingerprint density at radius 2 is 2.03 bits per heavy atom. The number of hydrogen-bond acceptors (Lipinski definition) is 6. The van der Waals surface area contributed by atoms with Gasteiger partial charge in [0.2, 0.25) is 0 Å². The van der Waals surface area contributed by atoms with Crippen LogP contribution < -0.4 is 0 Å². The lowest BCUT2D eigenvalue weighted by Crippen LogP contribution is -2.66. The van der Waals surface area contributed by atoms with Crippen molar-refractivity contribution in [2.75, 3.05) is 19.8 Å². The molecule has 4 rings (SSSR count). The number of fused-ring (bicyclic) bond motifs is 2. The van der Waals surface area contributed by atoms with Gasteiger partial charge in [-0.25, -0.2) is 4.79 Å². The first kappa shape index (κ1) is 26.1. The van der Waals surface area contributed by atoms with Crippen LogP contribution in [0.3, 0.4) is 0 Å². The molecule has 7 heteroatoms. The Balaban J connectivity index is 1.44. The summed E-state index contributed by atoms with van der Waals surface area (Å²) in [5.41, 5.74) is 0.765. The second kappa shape index (κ2) is 8.55. The lowest BCUT2D eigenvalue weighted by atomic mass is 9.51. The zero-order valence-corrected chi connectivity index (χ0v) is 23.3. The van der Waals surface area contributed by atoms with Crippen LogP contribution in [-0.2, 0) is 23.4 Å². The van der Waals surface area contributed by atoms with Gasteiger partial charge in [0.1, 0.15) is 12.2 Å². The van der Waals surface area contributed by atoms with Crippen molar-refractivity contribution < 1.29 is 28.5 Å². The molecule has 1 saturated carbocycles. The largest absolute Gasteiger partial charge is 0.462 e. The lowest BCUT2D eigenvalue weighted by Gasteiger charge is -2.58. The molecule has 0 aromatic rings. The Morgan fingerprint density at radius 1 is 1.35 bits per heavy atom. The molecule has 2 saturated heterocycles. The highest BCUT2D eigenvalue weighted by molar-refractivity contribution is 6.74. The zero-order valence-electron chi connectivity index (χ0n) is 22.3. The van der Waals surface area contributed by atoms with Crippen molar-refractivity contribution in [1.29, 1.82) is 0 Å². The second-order valence-corrected chi connectivity index (χ2v) is 17.6. The Hall–Kier alpha value is -0.993. The standard InChI is InChI=1S/C27H44O6Si/c1-18-9-11-26(21(13-18)33-22-15-20(28)25(26,6)27(22)17-31-27)16-30-23(29)14-19(2)10-12-32-34(7,8)24(3,4)5/h13-14,20-22,28H,9-12,15-17H2,1-8H3/b19-14+/t20-,21-,22-,25?,26-,27?/m1/s1. The van der Waals surface area contributed by atoms with Gasteiger partial charge in [0, 0.05) is 29.9 Å². The van der Waals surface area contributed by atoms with E-state index in [1.807, 2.05) is 6.92 Å². The van der Waals surface area contributed by atoms with E-state index < -0.39 is 30.9 Å². The van der Waals surface area contributed by atoms with Crippen LogP contribution in [0.4, 0.5) is 0 Å². The highest BCUT2D eigenvalue weighted by Gasteiger charge is 2.81. The predicted molar refractivity (Wildman–Crippen MR) is 134 cm³/mol. The van der Waals surface area contributed by atoms with Crippen molar-refractivity contribution in [1.82, 2.24) is 0 Å². The molecule has 2 aliphatic carbocycles. The number of carbonyl (C=O) groups is 1. The molecule has 34 heavy (non-hydrogen) atoms. The van der Waals surface area contributed by atoms with E-state index in [0.717, 1.165) is 18.4 Å². The molecule has 4 aliphatic rings. The molecule has 0 amide bonds. The summed E-state index contributed by atoms with van der Waals surface area (Å²) >= 11 is 0. The molecule has 2 heterocycles. The van der Waals surface area contributed by atoms with Gasteiger partial charge >= 0.3 is 5.97 Å². The Bertz CT molecular complexity index is 882. The Morgan fingerprint density at radius 3 is 2.65 bits per heavy atom. The van der Waals surface area contributed by atoms with E-state index in [0.29, 0.717) is 26.1 Å². The van der Waals surface area contributed by atoms with E-state index in [1.165, 1.54) is 5.57 Å². The highest BCUT2D eigenvalue weighted by Crippen LogP contribution is 2.71. The molecule has 0 aromatic heterocycles. The van der Waals surface area contributed by atoms with Crippen molar-refractivity contribution in [2.45, 2.75) is 109 Å². The number of allylic oxidation sites excluding steroid dienone is 1. The van der Waals surface area contributed by atoms with Gasteiger partial charge in [0.05, 0.1) is 24.9 Å². The molecule has 1 N–H and O–H groups in total. The minimum absolute atomic E-state index is 0.105. The van der Waals surface area contributed by atoms with Crippen LogP contribution in [-0.4, -0.2) is 63.1 Å². The number of epoxide rings is 1. The van der Waals surface area contributed by atoms with Crippen LogP contribution in [0, 0.1) is 10.8 Å². The van der Waals surface area contributed by atoms with Gasteiger partial charge in [-0.2, -0.15) is 0 Å². The first-order valence-electron chi connectivity index (χ1n) is 12.8. The van der Waals surface area contributed by atoms with Crippen LogP contribution in [0.2, 0.25) is 18.1 Å². The lowest BCUT2D eigenvalue weighted by molar-refractivity contribution is -0.229. The van der Waals surface area contributed by atoms with Crippen molar-refractivity contribution in [3.05, 3.63) is 23.3 Å². The van der Waals surface area contributed by atoms with Gasteiger partial charge in [-0.15, -0.1) is 0 Å². The van der Waals surface area contributed by atoms with Crippen molar-refractivity contribution in [3.63, 3.8) is 0 Å². The van der Waals surface area contributed by atoms with E-state index in [1.54, 1.807) is 6.08 Å². The van der Waals surface area contributed by atoms with Gasteiger partial charge in [-0.05, 0) is 51.2 Å². The molecule has 6 atom stereocenters. The third kappa shape index (κ3) is 3.96. The first-order chi connectivity index (χ1) is 15.7. The topological polar surface area (TPSA) is 77.5 Å². The van der Waals surface area contributed by atoms with Gasteiger partial charge in [0.25, 0.3) is 0 Å². The van der Waals surface area contributed by atoms with Crippen LogP contribution in [0.25, 0.3) is 0 Å². The smallest absolute Gasteiger partial charge is 0.330 e. The fourth-order valence-electron chi connectivity index (χ4n) is 6.20. The number of hydrogen-bond donors (Lipinski definition) is 1. The van der Waals surface area contributed by atoms with E-state index >= 15 is 0 Å². The maximum absolute atomic E-state index is 12.8. The summed E-state index contributed by atoms with van der Waals surface area (Å²) in [6.07, 6.45) is 5.93. The number of carbonyl (C=O) groups excluding carboxylic acids is 1. The molecular formula is C27H44O6Si. The number of aliphatic hydroxyl groups excluding tert-OH is 1. The van der Waals surface area contributed by atoms with Gasteiger partial charge < -0.3 is 23.7 Å². The second-order valence-electron chi connectivity index (χ2n) is 12.8. The molecule has 0 aromatic carbocycles. The monoisotopic (exact) mass is 492 g/mol. The summed E-state index contributed by atoms with van der Waals surface area (Å²) in [6, 6.07) is 0. The Labute approximate surface area is 206 Å². The molecule has 2 unspecified atom stereocenters. The molecule has 0 radical (unpaired) electrons. The summed E-state index contributed by atoms with van der Waals surface area (Å²) in [6.45, 7) is 18.8. The number of ether oxygens (including phenoxy) is 3. The third-order valence-electron chi connectivity index (χ3n) is 9.85. The minimum atomic E-state index is -1.80. The average Bonchev–Trinajstić information content (AvgIpc) is 3.50. The van der Waals surface area contributed by atoms with Gasteiger partial charge in [-0.1, -0.05) is 44.9 Å². The maximum Gasteiger partial charge on any atom is 0.330 e. The van der Waals surface area contributed by atoms with Gasteiger partial charge in [0.15, 0.2) is 8.32 Å². The summed E-state index contributed by atoms with van der Waals surface area (Å²) in [4.78, 5) is 12.8. The number of esters is 1. The van der Waals surface area contributed by atoms with Crippen molar-refractivity contribution in [3.8, 4) is 0 Å². The molecule has 2 aliphatic heterocycles. The summed E-state index contributed by atoms with van der Waals surface area (Å²) in [5.74, 6) is -0.340. The van der Waals surface area contributed by atoms with Crippen molar-refractivity contribution in [2.24, 2.45) is 10.8 Å². The molecule has 1 spiro atoms. The average molecular weight is 493 g/mol. The first-order valence-corrected chi connectivity index (χ1v) is 15.7.